The van der Waals surface area contributed by atoms with E-state index in [0.717, 1.165) is 24.4 Å². The zero-order valence-electron chi connectivity index (χ0n) is 12.8. The fourth-order valence-corrected chi connectivity index (χ4v) is 3.82. The maximum Gasteiger partial charge on any atom is 0.161 e. The minimum Gasteiger partial charge on any atom is -0.390 e. The molecule has 3 N–H and O–H groups in total. The summed E-state index contributed by atoms with van der Waals surface area (Å²) in [4.78, 5) is 6.26. The van der Waals surface area contributed by atoms with Gasteiger partial charge in [0.05, 0.1) is 6.10 Å². The topological polar surface area (TPSA) is 85.5 Å². The van der Waals surface area contributed by atoms with Gasteiger partial charge < -0.3 is 25.0 Å². The number of unbranched alkanes of at least 4 members (excludes halogenated alkanes) is 2. The molecule has 0 aliphatic carbocycles. The summed E-state index contributed by atoms with van der Waals surface area (Å²) in [7, 11) is 3.76. The highest BCUT2D eigenvalue weighted by atomic mass is 32.2. The Balaban J connectivity index is 1.99. The van der Waals surface area contributed by atoms with E-state index in [1.807, 2.05) is 19.0 Å². The number of hydrogen-bond donors (Lipinski definition) is 3. The second kappa shape index (κ2) is 7.28. The van der Waals surface area contributed by atoms with Crippen molar-refractivity contribution >= 4 is 16.9 Å². The van der Waals surface area contributed by atoms with E-state index in [0.29, 0.717) is 6.42 Å². The standard InChI is InChI=1S/C14H26N2O4S/c1-4-5-6-7-8(17)12-11(19)10(18)9-13(20-12)21-14(15-9)16(2)3/h8-13,17-19H,4-7H2,1-3H3/t8-,9+,10+,11-,12+,13+/m0/s1. The lowest BCUT2D eigenvalue weighted by atomic mass is 9.92. The summed E-state index contributed by atoms with van der Waals surface area (Å²) in [5.41, 5.74) is -0.341. The average molecular weight is 318 g/mol. The molecule has 0 aromatic carbocycles. The number of amidine groups is 1. The molecule has 6 nitrogen and oxygen atoms in total. The third-order valence-electron chi connectivity index (χ3n) is 3.95. The third kappa shape index (κ3) is 3.71. The molecular formula is C14H26N2O4S. The fraction of sp³-hybridized carbons (Fsp3) is 0.929. The summed E-state index contributed by atoms with van der Waals surface area (Å²) < 4.78 is 5.83. The molecule has 0 unspecified atom stereocenters. The Labute approximate surface area is 130 Å². The number of rotatable bonds is 5. The molecule has 21 heavy (non-hydrogen) atoms. The molecule has 0 aromatic rings. The van der Waals surface area contributed by atoms with Gasteiger partial charge in [0, 0.05) is 14.1 Å². The summed E-state index contributed by atoms with van der Waals surface area (Å²) in [6, 6.07) is -0.471. The predicted octanol–water partition coefficient (Wildman–Crippen LogP) is 0.407. The van der Waals surface area contributed by atoms with E-state index < -0.39 is 30.5 Å². The molecule has 2 heterocycles. The van der Waals surface area contributed by atoms with Gasteiger partial charge in [0.25, 0.3) is 0 Å². The molecule has 2 aliphatic heterocycles. The average Bonchev–Trinajstić information content (AvgIpc) is 2.87. The van der Waals surface area contributed by atoms with Crippen molar-refractivity contribution in [2.75, 3.05) is 14.1 Å². The lowest BCUT2D eigenvalue weighted by Gasteiger charge is -2.40. The van der Waals surface area contributed by atoms with Crippen LogP contribution in [-0.4, -0.2) is 75.4 Å². The van der Waals surface area contributed by atoms with Gasteiger partial charge in [-0.25, -0.2) is 0 Å². The van der Waals surface area contributed by atoms with Crippen LogP contribution in [0.15, 0.2) is 4.99 Å². The molecule has 0 amide bonds. The molecule has 122 valence electrons. The van der Waals surface area contributed by atoms with Gasteiger partial charge in [-0.05, 0) is 6.42 Å². The minimum absolute atomic E-state index is 0.341. The van der Waals surface area contributed by atoms with Crippen molar-refractivity contribution in [3.8, 4) is 0 Å². The van der Waals surface area contributed by atoms with Crippen LogP contribution in [0.5, 0.6) is 0 Å². The molecule has 0 spiro atoms. The third-order valence-corrected chi connectivity index (χ3v) is 5.26. The first kappa shape index (κ1) is 17.0. The largest absolute Gasteiger partial charge is 0.390 e. The molecule has 0 radical (unpaired) electrons. The van der Waals surface area contributed by atoms with Crippen molar-refractivity contribution in [1.29, 1.82) is 0 Å². The van der Waals surface area contributed by atoms with E-state index in [-0.39, 0.29) is 5.44 Å². The van der Waals surface area contributed by atoms with Crippen molar-refractivity contribution in [3.63, 3.8) is 0 Å². The number of aliphatic imine (C=N–C) groups is 1. The van der Waals surface area contributed by atoms with E-state index in [9.17, 15) is 15.3 Å². The van der Waals surface area contributed by atoms with Crippen LogP contribution in [0, 0.1) is 0 Å². The van der Waals surface area contributed by atoms with Crippen LogP contribution >= 0.6 is 11.8 Å². The predicted molar refractivity (Wildman–Crippen MR) is 83.3 cm³/mol. The van der Waals surface area contributed by atoms with Gasteiger partial charge >= 0.3 is 0 Å². The zero-order chi connectivity index (χ0) is 15.6. The Kier molecular flexibility index (Phi) is 5.90. The highest BCUT2D eigenvalue weighted by Gasteiger charge is 2.50. The molecule has 6 atom stereocenters. The van der Waals surface area contributed by atoms with Gasteiger partial charge in [-0.1, -0.05) is 37.9 Å². The van der Waals surface area contributed by atoms with Crippen molar-refractivity contribution in [2.24, 2.45) is 4.99 Å². The van der Waals surface area contributed by atoms with Crippen molar-refractivity contribution in [1.82, 2.24) is 4.90 Å². The number of hydrogen-bond acceptors (Lipinski definition) is 7. The lowest BCUT2D eigenvalue weighted by Crippen LogP contribution is -2.58. The Morgan fingerprint density at radius 1 is 1.29 bits per heavy atom. The van der Waals surface area contributed by atoms with Gasteiger partial charge in [0.15, 0.2) is 5.17 Å². The maximum absolute atomic E-state index is 10.3. The van der Waals surface area contributed by atoms with Crippen molar-refractivity contribution < 1.29 is 20.1 Å². The summed E-state index contributed by atoms with van der Waals surface area (Å²) in [6.45, 7) is 2.10. The van der Waals surface area contributed by atoms with E-state index in [2.05, 4.69) is 11.9 Å². The van der Waals surface area contributed by atoms with Crippen LogP contribution in [0.25, 0.3) is 0 Å². The summed E-state index contributed by atoms with van der Waals surface area (Å²) >= 11 is 1.43. The molecule has 1 saturated heterocycles. The van der Waals surface area contributed by atoms with E-state index in [4.69, 9.17) is 4.74 Å². The number of aliphatic hydroxyl groups is 3. The van der Waals surface area contributed by atoms with E-state index >= 15 is 0 Å². The van der Waals surface area contributed by atoms with Gasteiger partial charge in [-0.3, -0.25) is 4.99 Å². The first-order valence-corrected chi connectivity index (χ1v) is 8.45. The second-order valence-electron chi connectivity index (χ2n) is 5.93. The number of fused-ring (bicyclic) bond motifs is 1. The highest BCUT2D eigenvalue weighted by Crippen LogP contribution is 2.38. The molecule has 0 bridgehead atoms. The van der Waals surface area contributed by atoms with Crippen molar-refractivity contribution in [2.45, 2.75) is 68.5 Å². The van der Waals surface area contributed by atoms with Gasteiger partial charge in [0.2, 0.25) is 0 Å². The number of thioether (sulfide) groups is 1. The number of ether oxygens (including phenoxy) is 1. The van der Waals surface area contributed by atoms with Crippen molar-refractivity contribution in [3.05, 3.63) is 0 Å². The number of aliphatic hydroxyl groups excluding tert-OH is 3. The van der Waals surface area contributed by atoms with Gasteiger partial charge in [-0.2, -0.15) is 0 Å². The maximum atomic E-state index is 10.3. The first-order valence-electron chi connectivity index (χ1n) is 7.57. The molecule has 1 fully saturated rings. The quantitative estimate of drug-likeness (QED) is 0.637. The number of nitrogens with zero attached hydrogens (tertiary/aromatic N) is 2. The molecule has 2 rings (SSSR count). The molecule has 0 saturated carbocycles. The van der Waals surface area contributed by atoms with Crippen LogP contribution in [0.3, 0.4) is 0 Å². The SMILES string of the molecule is CCCCC[C@H](O)[C@H]1O[C@@H]2SC(N(C)C)=N[C@@H]2[C@@H](O)[C@@H]1O. The van der Waals surface area contributed by atoms with E-state index in [1.54, 1.807) is 0 Å². The second-order valence-corrected chi connectivity index (χ2v) is 6.99. The molecule has 2 aliphatic rings. The summed E-state index contributed by atoms with van der Waals surface area (Å²) in [6.07, 6.45) is -0.0322. The molecule has 0 aromatic heterocycles. The highest BCUT2D eigenvalue weighted by molar-refractivity contribution is 8.14. The Morgan fingerprint density at radius 3 is 2.62 bits per heavy atom. The molecular weight excluding hydrogens is 292 g/mol. The first-order chi connectivity index (χ1) is 9.95. The summed E-state index contributed by atoms with van der Waals surface area (Å²) in [5, 5.41) is 31.5. The van der Waals surface area contributed by atoms with Gasteiger partial charge in [-0.15, -0.1) is 0 Å². The van der Waals surface area contributed by atoms with Crippen LogP contribution in [-0.2, 0) is 4.74 Å². The smallest absolute Gasteiger partial charge is 0.161 e. The normalized spacial score (nSPS) is 37.0. The van der Waals surface area contributed by atoms with Crippen LogP contribution in [0.2, 0.25) is 0 Å². The Morgan fingerprint density at radius 2 is 2.00 bits per heavy atom. The fourth-order valence-electron chi connectivity index (χ4n) is 2.68. The van der Waals surface area contributed by atoms with Crippen LogP contribution in [0.4, 0.5) is 0 Å². The lowest BCUT2D eigenvalue weighted by molar-refractivity contribution is -0.185. The summed E-state index contributed by atoms with van der Waals surface area (Å²) in [5.74, 6) is 0. The Hall–Kier alpha value is -0.340. The Bertz CT molecular complexity index is 380. The molecule has 7 heteroatoms. The van der Waals surface area contributed by atoms with Crippen LogP contribution < -0.4 is 0 Å². The zero-order valence-corrected chi connectivity index (χ0v) is 13.7. The minimum atomic E-state index is -1.10. The van der Waals surface area contributed by atoms with Crippen LogP contribution in [0.1, 0.15) is 32.6 Å². The monoisotopic (exact) mass is 318 g/mol. The van der Waals surface area contributed by atoms with E-state index in [1.165, 1.54) is 11.8 Å². The van der Waals surface area contributed by atoms with Gasteiger partial charge in [0.1, 0.15) is 29.8 Å².